The Labute approximate surface area is 102 Å². The molecule has 0 bridgehead atoms. The van der Waals surface area contributed by atoms with E-state index in [-0.39, 0.29) is 5.92 Å². The summed E-state index contributed by atoms with van der Waals surface area (Å²) in [4.78, 5) is 0. The lowest BCUT2D eigenvalue weighted by molar-refractivity contribution is -0.0182. The van der Waals surface area contributed by atoms with E-state index in [1.54, 1.807) is 0 Å². The number of hydrogen-bond donors (Lipinski definition) is 1. The molecule has 3 heteroatoms. The van der Waals surface area contributed by atoms with E-state index in [9.17, 15) is 5.11 Å². The number of rotatable bonds is 3. The first-order chi connectivity index (χ1) is 8.25. The minimum absolute atomic E-state index is 0.194. The van der Waals surface area contributed by atoms with Crippen LogP contribution in [0.5, 0.6) is 0 Å². The van der Waals surface area contributed by atoms with Crippen LogP contribution in [0.4, 0.5) is 0 Å². The third-order valence-electron chi connectivity index (χ3n) is 4.06. The van der Waals surface area contributed by atoms with Crippen LogP contribution in [-0.2, 0) is 4.74 Å². The number of furan rings is 1. The molecule has 2 heterocycles. The maximum absolute atomic E-state index is 10.3. The number of aliphatic hydroxyl groups is 1. The molecule has 0 aromatic carbocycles. The summed E-state index contributed by atoms with van der Waals surface area (Å²) >= 11 is 0. The molecule has 94 valence electrons. The fraction of sp³-hybridized carbons (Fsp3) is 0.714. The Kier molecular flexibility index (Phi) is 2.97. The highest BCUT2D eigenvalue weighted by Crippen LogP contribution is 2.48. The largest absolute Gasteiger partial charge is 0.463 e. The third-order valence-corrected chi connectivity index (χ3v) is 4.06. The van der Waals surface area contributed by atoms with E-state index >= 15 is 0 Å². The van der Waals surface area contributed by atoms with Gasteiger partial charge in [0, 0.05) is 18.4 Å². The van der Waals surface area contributed by atoms with Crippen molar-refractivity contribution in [3.05, 3.63) is 23.7 Å². The molecule has 1 aromatic rings. The molecule has 1 N–H and O–H groups in total. The highest BCUT2D eigenvalue weighted by Gasteiger charge is 2.37. The smallest absolute Gasteiger partial charge is 0.133 e. The average molecular weight is 236 g/mol. The van der Waals surface area contributed by atoms with Crippen molar-refractivity contribution >= 4 is 0 Å². The maximum atomic E-state index is 10.3. The monoisotopic (exact) mass is 236 g/mol. The van der Waals surface area contributed by atoms with E-state index in [2.05, 4.69) is 6.92 Å². The Morgan fingerprint density at radius 1 is 1.41 bits per heavy atom. The SMILES string of the molecule is CC1CC1c1ccc(C(O)C2CCCOC2)o1. The predicted molar refractivity (Wildman–Crippen MR) is 63.7 cm³/mol. The zero-order valence-corrected chi connectivity index (χ0v) is 10.3. The Hall–Kier alpha value is -0.800. The molecule has 17 heavy (non-hydrogen) atoms. The van der Waals surface area contributed by atoms with Gasteiger partial charge in [-0.2, -0.15) is 0 Å². The summed E-state index contributed by atoms with van der Waals surface area (Å²) in [5.41, 5.74) is 0. The van der Waals surface area contributed by atoms with Crippen LogP contribution in [0.15, 0.2) is 16.5 Å². The van der Waals surface area contributed by atoms with Crippen LogP contribution in [0.1, 0.15) is 49.7 Å². The summed E-state index contributed by atoms with van der Waals surface area (Å²) in [6, 6.07) is 3.95. The van der Waals surface area contributed by atoms with Gasteiger partial charge >= 0.3 is 0 Å². The van der Waals surface area contributed by atoms with E-state index in [4.69, 9.17) is 9.15 Å². The van der Waals surface area contributed by atoms with Gasteiger partial charge in [0.1, 0.15) is 17.6 Å². The summed E-state index contributed by atoms with van der Waals surface area (Å²) in [6.45, 7) is 3.71. The van der Waals surface area contributed by atoms with Gasteiger partial charge in [0.15, 0.2) is 0 Å². The standard InChI is InChI=1S/C14H20O3/c1-9-7-11(9)12-4-5-13(17-12)14(15)10-3-2-6-16-8-10/h4-5,9-11,14-15H,2-3,6-8H2,1H3. The van der Waals surface area contributed by atoms with Crippen LogP contribution in [-0.4, -0.2) is 18.3 Å². The Bertz CT molecular complexity index is 379. The second-order valence-electron chi connectivity index (χ2n) is 5.48. The second-order valence-corrected chi connectivity index (χ2v) is 5.48. The van der Waals surface area contributed by atoms with E-state index in [1.807, 2.05) is 12.1 Å². The highest BCUT2D eigenvalue weighted by atomic mass is 16.5. The minimum Gasteiger partial charge on any atom is -0.463 e. The summed E-state index contributed by atoms with van der Waals surface area (Å²) in [5.74, 6) is 3.28. The molecular formula is C14H20O3. The van der Waals surface area contributed by atoms with E-state index in [1.165, 1.54) is 6.42 Å². The van der Waals surface area contributed by atoms with Crippen LogP contribution in [0.25, 0.3) is 0 Å². The lowest BCUT2D eigenvalue weighted by atomic mass is 9.94. The van der Waals surface area contributed by atoms with Gasteiger partial charge < -0.3 is 14.3 Å². The summed E-state index contributed by atoms with van der Waals surface area (Å²) < 4.78 is 11.2. The van der Waals surface area contributed by atoms with Gasteiger partial charge in [0.2, 0.25) is 0 Å². The van der Waals surface area contributed by atoms with E-state index in [0.717, 1.165) is 36.9 Å². The molecule has 1 aromatic heterocycles. The van der Waals surface area contributed by atoms with Crippen molar-refractivity contribution in [2.75, 3.05) is 13.2 Å². The first kappa shape index (κ1) is 11.3. The molecule has 4 atom stereocenters. The zero-order valence-electron chi connectivity index (χ0n) is 10.3. The molecule has 1 saturated heterocycles. The molecule has 1 aliphatic heterocycles. The van der Waals surface area contributed by atoms with Crippen molar-refractivity contribution in [3.63, 3.8) is 0 Å². The van der Waals surface area contributed by atoms with Crippen LogP contribution in [0.2, 0.25) is 0 Å². The molecule has 1 aliphatic carbocycles. The van der Waals surface area contributed by atoms with Crippen LogP contribution in [0, 0.1) is 11.8 Å². The summed E-state index contributed by atoms with van der Waals surface area (Å²) in [7, 11) is 0. The molecule has 1 saturated carbocycles. The molecule has 3 nitrogen and oxygen atoms in total. The fourth-order valence-electron chi connectivity index (χ4n) is 2.69. The molecular weight excluding hydrogens is 216 g/mol. The summed E-state index contributed by atoms with van der Waals surface area (Å²) in [5, 5.41) is 10.3. The van der Waals surface area contributed by atoms with Gasteiger partial charge in [-0.15, -0.1) is 0 Å². The molecule has 0 radical (unpaired) electrons. The molecule has 0 amide bonds. The molecule has 2 fully saturated rings. The van der Waals surface area contributed by atoms with Crippen molar-refractivity contribution in [2.24, 2.45) is 11.8 Å². The lowest BCUT2D eigenvalue weighted by Crippen LogP contribution is -2.23. The molecule has 2 aliphatic rings. The number of hydrogen-bond acceptors (Lipinski definition) is 3. The lowest BCUT2D eigenvalue weighted by Gasteiger charge is -2.25. The van der Waals surface area contributed by atoms with E-state index in [0.29, 0.717) is 12.5 Å². The minimum atomic E-state index is -0.502. The van der Waals surface area contributed by atoms with Gasteiger partial charge in [0.25, 0.3) is 0 Å². The van der Waals surface area contributed by atoms with Gasteiger partial charge in [-0.05, 0) is 37.3 Å². The fourth-order valence-corrected chi connectivity index (χ4v) is 2.69. The normalized spacial score (nSPS) is 34.6. The second kappa shape index (κ2) is 4.46. The Balaban J connectivity index is 1.68. The van der Waals surface area contributed by atoms with Gasteiger partial charge in [-0.1, -0.05) is 6.92 Å². The number of aliphatic hydroxyl groups excluding tert-OH is 1. The van der Waals surface area contributed by atoms with Crippen LogP contribution >= 0.6 is 0 Å². The first-order valence-corrected chi connectivity index (χ1v) is 6.61. The van der Waals surface area contributed by atoms with Crippen molar-refractivity contribution in [3.8, 4) is 0 Å². The van der Waals surface area contributed by atoms with Crippen molar-refractivity contribution < 1.29 is 14.3 Å². The Morgan fingerprint density at radius 2 is 2.24 bits per heavy atom. The quantitative estimate of drug-likeness (QED) is 0.877. The van der Waals surface area contributed by atoms with E-state index < -0.39 is 6.10 Å². The first-order valence-electron chi connectivity index (χ1n) is 6.61. The zero-order chi connectivity index (χ0) is 11.8. The predicted octanol–water partition coefficient (Wildman–Crippen LogP) is 2.86. The summed E-state index contributed by atoms with van der Waals surface area (Å²) in [6.07, 6.45) is 2.78. The van der Waals surface area contributed by atoms with Crippen molar-refractivity contribution in [2.45, 2.75) is 38.2 Å². The van der Waals surface area contributed by atoms with Crippen molar-refractivity contribution in [1.29, 1.82) is 0 Å². The van der Waals surface area contributed by atoms with Crippen molar-refractivity contribution in [1.82, 2.24) is 0 Å². The van der Waals surface area contributed by atoms with Gasteiger partial charge in [0.05, 0.1) is 6.61 Å². The third kappa shape index (κ3) is 2.26. The topological polar surface area (TPSA) is 42.6 Å². The van der Waals surface area contributed by atoms with Crippen LogP contribution < -0.4 is 0 Å². The highest BCUT2D eigenvalue weighted by molar-refractivity contribution is 5.19. The number of ether oxygens (including phenoxy) is 1. The van der Waals surface area contributed by atoms with Crippen LogP contribution in [0.3, 0.4) is 0 Å². The molecule has 0 spiro atoms. The van der Waals surface area contributed by atoms with Gasteiger partial charge in [-0.25, -0.2) is 0 Å². The van der Waals surface area contributed by atoms with Gasteiger partial charge in [-0.3, -0.25) is 0 Å². The average Bonchev–Trinajstić information content (AvgIpc) is 2.92. The Morgan fingerprint density at radius 3 is 2.88 bits per heavy atom. The molecule has 4 unspecified atom stereocenters. The maximum Gasteiger partial charge on any atom is 0.133 e. The molecule has 3 rings (SSSR count).